The molecule has 2 aromatic rings. The van der Waals surface area contributed by atoms with Gasteiger partial charge in [0.2, 0.25) is 0 Å². The molecule has 0 aliphatic heterocycles. The summed E-state index contributed by atoms with van der Waals surface area (Å²) in [6.07, 6.45) is 0. The molecule has 4 nitrogen and oxygen atoms in total. The van der Waals surface area contributed by atoms with Crippen molar-refractivity contribution in [2.45, 2.75) is 6.92 Å². The molecule has 0 radical (unpaired) electrons. The second kappa shape index (κ2) is 5.54. The maximum absolute atomic E-state index is 13.6. The van der Waals surface area contributed by atoms with Crippen LogP contribution >= 0.6 is 15.9 Å². The SMILES string of the molecule is Cc1nc(Nc2cc(F)c(Br)cc2F)ccc1C(=O)O. The molecule has 7 heteroatoms. The van der Waals surface area contributed by atoms with Gasteiger partial charge in [-0.2, -0.15) is 0 Å². The summed E-state index contributed by atoms with van der Waals surface area (Å²) in [6, 6.07) is 4.72. The molecule has 0 amide bonds. The largest absolute Gasteiger partial charge is 0.478 e. The van der Waals surface area contributed by atoms with Crippen LogP contribution in [0.4, 0.5) is 20.3 Å². The third-order valence-electron chi connectivity index (χ3n) is 2.59. The average Bonchev–Trinajstić information content (AvgIpc) is 2.35. The Balaban J connectivity index is 2.33. The fourth-order valence-corrected chi connectivity index (χ4v) is 1.93. The maximum atomic E-state index is 13.6. The maximum Gasteiger partial charge on any atom is 0.337 e. The first-order valence-corrected chi connectivity index (χ1v) is 6.30. The lowest BCUT2D eigenvalue weighted by molar-refractivity contribution is 0.0695. The van der Waals surface area contributed by atoms with E-state index in [4.69, 9.17) is 5.11 Å². The van der Waals surface area contributed by atoms with E-state index in [-0.39, 0.29) is 27.2 Å². The Labute approximate surface area is 121 Å². The molecule has 0 bridgehead atoms. The van der Waals surface area contributed by atoms with Crippen LogP contribution in [0.2, 0.25) is 0 Å². The van der Waals surface area contributed by atoms with E-state index >= 15 is 0 Å². The number of halogens is 3. The van der Waals surface area contributed by atoms with Crippen molar-refractivity contribution in [3.63, 3.8) is 0 Å². The molecule has 2 rings (SSSR count). The summed E-state index contributed by atoms with van der Waals surface area (Å²) in [5, 5.41) is 11.5. The lowest BCUT2D eigenvalue weighted by Crippen LogP contribution is -2.04. The van der Waals surface area contributed by atoms with Crippen molar-refractivity contribution in [2.24, 2.45) is 0 Å². The number of hydrogen-bond donors (Lipinski definition) is 2. The number of aryl methyl sites for hydroxylation is 1. The number of nitrogens with one attached hydrogen (secondary N) is 1. The topological polar surface area (TPSA) is 62.2 Å². The molecule has 104 valence electrons. The number of aromatic carboxylic acids is 1. The van der Waals surface area contributed by atoms with Crippen LogP contribution in [0.3, 0.4) is 0 Å². The first-order chi connectivity index (χ1) is 9.38. The van der Waals surface area contributed by atoms with E-state index in [1.165, 1.54) is 19.1 Å². The highest BCUT2D eigenvalue weighted by atomic mass is 79.9. The minimum Gasteiger partial charge on any atom is -0.478 e. The Hall–Kier alpha value is -2.02. The molecule has 0 spiro atoms. The zero-order valence-electron chi connectivity index (χ0n) is 10.2. The molecule has 1 aromatic carbocycles. The highest BCUT2D eigenvalue weighted by Gasteiger charge is 2.11. The number of benzene rings is 1. The molecule has 0 aliphatic rings. The van der Waals surface area contributed by atoms with Crippen LogP contribution < -0.4 is 5.32 Å². The van der Waals surface area contributed by atoms with Crippen LogP contribution in [0.1, 0.15) is 16.1 Å². The van der Waals surface area contributed by atoms with Gasteiger partial charge in [-0.25, -0.2) is 18.6 Å². The summed E-state index contributed by atoms with van der Waals surface area (Å²) in [7, 11) is 0. The molecule has 0 atom stereocenters. The summed E-state index contributed by atoms with van der Waals surface area (Å²) >= 11 is 2.88. The number of nitrogens with zero attached hydrogens (tertiary/aromatic N) is 1. The van der Waals surface area contributed by atoms with E-state index in [1.807, 2.05) is 0 Å². The standard InChI is InChI=1S/C13H9BrF2N2O2/c1-6-7(13(19)20)2-3-12(17-6)18-11-5-9(15)8(14)4-10(11)16/h2-5H,1H3,(H,17,18)(H,19,20). The second-order valence-corrected chi connectivity index (χ2v) is 4.86. The zero-order chi connectivity index (χ0) is 14.9. The Morgan fingerprint density at radius 3 is 2.60 bits per heavy atom. The van der Waals surface area contributed by atoms with Gasteiger partial charge in [0, 0.05) is 6.07 Å². The summed E-state index contributed by atoms with van der Waals surface area (Å²) in [4.78, 5) is 14.8. The van der Waals surface area contributed by atoms with Gasteiger partial charge in [-0.15, -0.1) is 0 Å². The lowest BCUT2D eigenvalue weighted by Gasteiger charge is -2.09. The Morgan fingerprint density at radius 1 is 1.30 bits per heavy atom. The molecule has 20 heavy (non-hydrogen) atoms. The van der Waals surface area contributed by atoms with E-state index in [1.54, 1.807) is 0 Å². The van der Waals surface area contributed by atoms with Gasteiger partial charge in [0.15, 0.2) is 0 Å². The third-order valence-corrected chi connectivity index (χ3v) is 3.20. The number of carboxylic acids is 1. The first-order valence-electron chi connectivity index (χ1n) is 5.51. The molecule has 0 aliphatic carbocycles. The van der Waals surface area contributed by atoms with Crippen LogP contribution in [0, 0.1) is 18.6 Å². The Bertz CT molecular complexity index is 692. The number of aromatic nitrogens is 1. The molecule has 1 aromatic heterocycles. The third kappa shape index (κ3) is 2.93. The fraction of sp³-hybridized carbons (Fsp3) is 0.0769. The second-order valence-electron chi connectivity index (χ2n) is 4.01. The summed E-state index contributed by atoms with van der Waals surface area (Å²) < 4.78 is 27.0. The first kappa shape index (κ1) is 14.4. The van der Waals surface area contributed by atoms with Gasteiger partial charge in [0.05, 0.1) is 21.4 Å². The van der Waals surface area contributed by atoms with Crippen molar-refractivity contribution in [3.05, 3.63) is 51.6 Å². The quantitative estimate of drug-likeness (QED) is 0.831. The Morgan fingerprint density at radius 2 is 2.00 bits per heavy atom. The number of anilines is 2. The van der Waals surface area contributed by atoms with E-state index in [0.717, 1.165) is 12.1 Å². The zero-order valence-corrected chi connectivity index (χ0v) is 11.8. The van der Waals surface area contributed by atoms with E-state index in [0.29, 0.717) is 0 Å². The van der Waals surface area contributed by atoms with E-state index < -0.39 is 17.6 Å². The molecule has 0 unspecified atom stereocenters. The smallest absolute Gasteiger partial charge is 0.337 e. The van der Waals surface area contributed by atoms with E-state index in [2.05, 4.69) is 26.2 Å². The molecular formula is C13H9BrF2N2O2. The van der Waals surface area contributed by atoms with Crippen molar-refractivity contribution in [1.29, 1.82) is 0 Å². The van der Waals surface area contributed by atoms with Crippen LogP contribution in [0.15, 0.2) is 28.7 Å². The van der Waals surface area contributed by atoms with Crippen LogP contribution in [-0.4, -0.2) is 16.1 Å². The molecule has 0 saturated heterocycles. The van der Waals surface area contributed by atoms with Gasteiger partial charge in [-0.3, -0.25) is 0 Å². The lowest BCUT2D eigenvalue weighted by atomic mass is 10.2. The minimum absolute atomic E-state index is 0.0194. The minimum atomic E-state index is -1.09. The molecule has 0 fully saturated rings. The number of carboxylic acid groups (broad SMARTS) is 1. The highest BCUT2D eigenvalue weighted by Crippen LogP contribution is 2.25. The molecule has 0 saturated carbocycles. The van der Waals surface area contributed by atoms with Crippen molar-refractivity contribution in [1.82, 2.24) is 4.98 Å². The highest BCUT2D eigenvalue weighted by molar-refractivity contribution is 9.10. The van der Waals surface area contributed by atoms with Crippen LogP contribution in [0.5, 0.6) is 0 Å². The van der Waals surface area contributed by atoms with Crippen LogP contribution in [-0.2, 0) is 0 Å². The van der Waals surface area contributed by atoms with E-state index in [9.17, 15) is 13.6 Å². The summed E-state index contributed by atoms with van der Waals surface area (Å²) in [5.41, 5.74) is 0.249. The summed E-state index contributed by atoms with van der Waals surface area (Å²) in [5.74, 6) is -2.14. The normalized spacial score (nSPS) is 10.4. The predicted octanol–water partition coefficient (Wildman–Crippen LogP) is 3.87. The van der Waals surface area contributed by atoms with Gasteiger partial charge in [0.1, 0.15) is 17.5 Å². The number of hydrogen-bond acceptors (Lipinski definition) is 3. The van der Waals surface area contributed by atoms with Crippen molar-refractivity contribution >= 4 is 33.4 Å². The molecule has 2 N–H and O–H groups in total. The number of rotatable bonds is 3. The number of pyridine rings is 1. The van der Waals surface area contributed by atoms with Crippen molar-refractivity contribution in [2.75, 3.05) is 5.32 Å². The van der Waals surface area contributed by atoms with Gasteiger partial charge in [0.25, 0.3) is 0 Å². The Kier molecular flexibility index (Phi) is 3.99. The van der Waals surface area contributed by atoms with Crippen LogP contribution in [0.25, 0.3) is 0 Å². The molecular weight excluding hydrogens is 334 g/mol. The predicted molar refractivity (Wildman–Crippen MR) is 73.3 cm³/mol. The fourth-order valence-electron chi connectivity index (χ4n) is 1.61. The van der Waals surface area contributed by atoms with Gasteiger partial charge in [-0.1, -0.05) is 0 Å². The number of carbonyl (C=O) groups is 1. The van der Waals surface area contributed by atoms with Crippen molar-refractivity contribution in [3.8, 4) is 0 Å². The van der Waals surface area contributed by atoms with Gasteiger partial charge >= 0.3 is 5.97 Å². The summed E-state index contributed by atoms with van der Waals surface area (Å²) in [6.45, 7) is 1.52. The van der Waals surface area contributed by atoms with Crippen molar-refractivity contribution < 1.29 is 18.7 Å². The monoisotopic (exact) mass is 342 g/mol. The molecule has 1 heterocycles. The average molecular weight is 343 g/mol. The van der Waals surface area contributed by atoms with Gasteiger partial charge < -0.3 is 10.4 Å². The van der Waals surface area contributed by atoms with Gasteiger partial charge in [-0.05, 0) is 41.1 Å².